The van der Waals surface area contributed by atoms with E-state index >= 15 is 0 Å². The summed E-state index contributed by atoms with van der Waals surface area (Å²) in [5.41, 5.74) is 2.31. The van der Waals surface area contributed by atoms with Gasteiger partial charge in [-0.2, -0.15) is 13.2 Å². The number of aromatic nitrogens is 2. The van der Waals surface area contributed by atoms with Gasteiger partial charge in [0.15, 0.2) is 5.96 Å². The summed E-state index contributed by atoms with van der Waals surface area (Å²) in [4.78, 5) is 11.2. The molecule has 6 nitrogen and oxygen atoms in total. The van der Waals surface area contributed by atoms with Crippen LogP contribution >= 0.6 is 24.0 Å². The first-order valence-electron chi connectivity index (χ1n) is 10.6. The number of hydrogen-bond acceptors (Lipinski definition) is 3. The zero-order chi connectivity index (χ0) is 22.7. The number of likely N-dealkylation sites (tertiary alicyclic amines) is 1. The number of rotatable bonds is 5. The van der Waals surface area contributed by atoms with Crippen LogP contribution in [0.25, 0.3) is 11.0 Å². The molecule has 1 saturated heterocycles. The first-order valence-corrected chi connectivity index (χ1v) is 10.6. The molecule has 1 atom stereocenters. The number of para-hydroxylation sites is 2. The van der Waals surface area contributed by atoms with Crippen LogP contribution in [-0.2, 0) is 26.3 Å². The highest BCUT2D eigenvalue weighted by Crippen LogP contribution is 2.29. The highest BCUT2D eigenvalue weighted by atomic mass is 127. The number of hydrogen-bond donors (Lipinski definition) is 2. The number of aryl methyl sites for hydroxylation is 1. The van der Waals surface area contributed by atoms with E-state index in [9.17, 15) is 13.2 Å². The van der Waals surface area contributed by atoms with E-state index in [0.717, 1.165) is 54.1 Å². The second-order valence-corrected chi connectivity index (χ2v) is 8.06. The van der Waals surface area contributed by atoms with Crippen LogP contribution in [0.5, 0.6) is 0 Å². The molecule has 0 spiro atoms. The molecule has 1 aromatic heterocycles. The predicted molar refractivity (Wildman–Crippen MR) is 135 cm³/mol. The average molecular weight is 572 g/mol. The minimum atomic E-state index is -4.30. The Morgan fingerprint density at radius 1 is 1.15 bits per heavy atom. The zero-order valence-electron chi connectivity index (χ0n) is 18.6. The van der Waals surface area contributed by atoms with E-state index < -0.39 is 11.7 Å². The van der Waals surface area contributed by atoms with Crippen LogP contribution in [0.15, 0.2) is 53.5 Å². The Labute approximate surface area is 208 Å². The van der Waals surface area contributed by atoms with Gasteiger partial charge in [-0.25, -0.2) is 4.98 Å². The molecule has 3 aromatic rings. The number of imidazole rings is 1. The van der Waals surface area contributed by atoms with Gasteiger partial charge >= 0.3 is 6.18 Å². The molecule has 0 amide bonds. The van der Waals surface area contributed by atoms with Crippen molar-refractivity contribution in [3.05, 3.63) is 65.5 Å². The fourth-order valence-corrected chi connectivity index (χ4v) is 4.06. The molecule has 178 valence electrons. The summed E-state index contributed by atoms with van der Waals surface area (Å²) in [5, 5.41) is 6.78. The van der Waals surface area contributed by atoms with Crippen molar-refractivity contribution in [3.8, 4) is 0 Å². The topological polar surface area (TPSA) is 57.5 Å². The standard InChI is InChI=1S/C23H27F3N6.HI/c1-27-22(28-13-21-30-19-5-3-4-6-20(19)31(21)2)29-18-11-12-32(15-18)14-16-7-9-17(10-8-16)23(24,25)26;/h3-10,18H,11-15H2,1-2H3,(H2,27,28,29);1H. The Kier molecular flexibility index (Phi) is 8.22. The minimum Gasteiger partial charge on any atom is -0.352 e. The molecule has 0 aliphatic carbocycles. The first-order chi connectivity index (χ1) is 15.3. The Bertz CT molecular complexity index is 1090. The predicted octanol–water partition coefficient (Wildman–Crippen LogP) is 4.15. The minimum absolute atomic E-state index is 0. The molecule has 2 N–H and O–H groups in total. The lowest BCUT2D eigenvalue weighted by Crippen LogP contribution is -2.44. The first kappa shape index (κ1) is 25.3. The molecule has 0 bridgehead atoms. The van der Waals surface area contributed by atoms with Crippen molar-refractivity contribution in [2.75, 3.05) is 20.1 Å². The van der Waals surface area contributed by atoms with Crippen molar-refractivity contribution < 1.29 is 13.2 Å². The Morgan fingerprint density at radius 3 is 2.55 bits per heavy atom. The van der Waals surface area contributed by atoms with Gasteiger partial charge in [-0.1, -0.05) is 24.3 Å². The summed E-state index contributed by atoms with van der Waals surface area (Å²) in [7, 11) is 3.73. The number of alkyl halides is 3. The van der Waals surface area contributed by atoms with Gasteiger partial charge < -0.3 is 15.2 Å². The van der Waals surface area contributed by atoms with E-state index in [0.29, 0.717) is 19.0 Å². The van der Waals surface area contributed by atoms with Crippen LogP contribution in [0, 0.1) is 0 Å². The van der Waals surface area contributed by atoms with Crippen LogP contribution in [-0.4, -0.2) is 46.6 Å². The maximum atomic E-state index is 12.7. The highest BCUT2D eigenvalue weighted by molar-refractivity contribution is 14.0. The maximum Gasteiger partial charge on any atom is 0.416 e. The van der Waals surface area contributed by atoms with Crippen molar-refractivity contribution in [2.24, 2.45) is 12.0 Å². The van der Waals surface area contributed by atoms with Crippen LogP contribution in [0.1, 0.15) is 23.4 Å². The van der Waals surface area contributed by atoms with Crippen molar-refractivity contribution in [1.29, 1.82) is 0 Å². The van der Waals surface area contributed by atoms with E-state index in [1.807, 2.05) is 31.3 Å². The van der Waals surface area contributed by atoms with E-state index in [2.05, 4.69) is 30.1 Å². The second-order valence-electron chi connectivity index (χ2n) is 8.06. The molecule has 4 rings (SSSR count). The molecular weight excluding hydrogens is 544 g/mol. The van der Waals surface area contributed by atoms with E-state index in [-0.39, 0.29) is 30.0 Å². The van der Waals surface area contributed by atoms with Gasteiger partial charge in [0.1, 0.15) is 5.82 Å². The van der Waals surface area contributed by atoms with Gasteiger partial charge in [0.25, 0.3) is 0 Å². The molecule has 1 unspecified atom stereocenters. The van der Waals surface area contributed by atoms with Crippen LogP contribution in [0.2, 0.25) is 0 Å². The van der Waals surface area contributed by atoms with Crippen LogP contribution < -0.4 is 10.6 Å². The lowest BCUT2D eigenvalue weighted by Gasteiger charge is -2.19. The SMILES string of the molecule is CN=C(NCc1nc2ccccc2n1C)NC1CCN(Cc2ccc(C(F)(F)F)cc2)C1.I. The van der Waals surface area contributed by atoms with Crippen molar-refractivity contribution >= 4 is 41.0 Å². The molecule has 33 heavy (non-hydrogen) atoms. The molecular formula is C23H28F3IN6. The molecule has 2 heterocycles. The van der Waals surface area contributed by atoms with Gasteiger partial charge in [0.05, 0.1) is 23.1 Å². The third-order valence-electron chi connectivity index (χ3n) is 5.82. The van der Waals surface area contributed by atoms with E-state index in [1.54, 1.807) is 19.2 Å². The van der Waals surface area contributed by atoms with Crippen LogP contribution in [0.3, 0.4) is 0 Å². The molecule has 1 fully saturated rings. The summed E-state index contributed by atoms with van der Waals surface area (Å²) in [6, 6.07) is 13.6. The highest BCUT2D eigenvalue weighted by Gasteiger charge is 2.30. The van der Waals surface area contributed by atoms with Crippen molar-refractivity contribution in [2.45, 2.75) is 31.7 Å². The largest absolute Gasteiger partial charge is 0.416 e. The molecule has 0 radical (unpaired) electrons. The Hall–Kier alpha value is -2.34. The number of nitrogens with zero attached hydrogens (tertiary/aromatic N) is 4. The molecule has 10 heteroatoms. The number of nitrogens with one attached hydrogen (secondary N) is 2. The van der Waals surface area contributed by atoms with Crippen LogP contribution in [0.4, 0.5) is 13.2 Å². The van der Waals surface area contributed by atoms with Gasteiger partial charge in [-0.15, -0.1) is 24.0 Å². The number of aliphatic imine (C=N–C) groups is 1. The summed E-state index contributed by atoms with van der Waals surface area (Å²) >= 11 is 0. The maximum absolute atomic E-state index is 12.7. The van der Waals surface area contributed by atoms with E-state index in [1.165, 1.54) is 0 Å². The van der Waals surface area contributed by atoms with Gasteiger partial charge in [-0.3, -0.25) is 9.89 Å². The van der Waals surface area contributed by atoms with Crippen molar-refractivity contribution in [3.63, 3.8) is 0 Å². The number of benzene rings is 2. The summed E-state index contributed by atoms with van der Waals surface area (Å²) in [5.74, 6) is 1.63. The molecule has 2 aromatic carbocycles. The van der Waals surface area contributed by atoms with Gasteiger partial charge in [0.2, 0.25) is 0 Å². The third-order valence-corrected chi connectivity index (χ3v) is 5.82. The Balaban J connectivity index is 0.00000306. The van der Waals surface area contributed by atoms with Crippen molar-refractivity contribution in [1.82, 2.24) is 25.1 Å². The fourth-order valence-electron chi connectivity index (χ4n) is 4.06. The lowest BCUT2D eigenvalue weighted by molar-refractivity contribution is -0.137. The summed E-state index contributed by atoms with van der Waals surface area (Å²) in [6.07, 6.45) is -3.36. The molecule has 1 aliphatic heterocycles. The summed E-state index contributed by atoms with van der Waals surface area (Å²) in [6.45, 7) is 2.85. The molecule has 0 saturated carbocycles. The number of fused-ring (bicyclic) bond motifs is 1. The van der Waals surface area contributed by atoms with E-state index in [4.69, 9.17) is 0 Å². The smallest absolute Gasteiger partial charge is 0.352 e. The Morgan fingerprint density at radius 2 is 1.88 bits per heavy atom. The van der Waals surface area contributed by atoms with Gasteiger partial charge in [-0.05, 0) is 36.2 Å². The normalized spacial score (nSPS) is 17.2. The third kappa shape index (κ3) is 6.17. The van der Waals surface area contributed by atoms with Gasteiger partial charge in [0, 0.05) is 39.8 Å². The second kappa shape index (κ2) is 10.7. The zero-order valence-corrected chi connectivity index (χ0v) is 20.9. The number of guanidine groups is 1. The average Bonchev–Trinajstić information content (AvgIpc) is 3.35. The quantitative estimate of drug-likeness (QED) is 0.274. The fraction of sp³-hybridized carbons (Fsp3) is 0.391. The number of halogens is 4. The monoisotopic (exact) mass is 572 g/mol. The molecule has 1 aliphatic rings. The summed E-state index contributed by atoms with van der Waals surface area (Å²) < 4.78 is 40.3. The lowest BCUT2D eigenvalue weighted by atomic mass is 10.1.